The third kappa shape index (κ3) is 4.80. The van der Waals surface area contributed by atoms with Crippen LogP contribution in [0.1, 0.15) is 5.69 Å². The lowest BCUT2D eigenvalue weighted by Crippen LogP contribution is -2.48. The zero-order chi connectivity index (χ0) is 22.0. The smallest absolute Gasteiger partial charge is 0.433 e. The van der Waals surface area contributed by atoms with E-state index in [2.05, 4.69) is 9.88 Å². The van der Waals surface area contributed by atoms with Gasteiger partial charge >= 0.3 is 6.18 Å². The van der Waals surface area contributed by atoms with Gasteiger partial charge in [0.25, 0.3) is 5.91 Å². The van der Waals surface area contributed by atoms with E-state index >= 15 is 0 Å². The first-order valence-corrected chi connectivity index (χ1v) is 9.97. The Morgan fingerprint density at radius 1 is 1.06 bits per heavy atom. The number of hydrogen-bond donors (Lipinski definition) is 0. The maximum Gasteiger partial charge on any atom is 0.433 e. The van der Waals surface area contributed by atoms with Crippen LogP contribution in [0.3, 0.4) is 0 Å². The number of benzene rings is 2. The summed E-state index contributed by atoms with van der Waals surface area (Å²) < 4.78 is 44.4. The molecule has 1 aliphatic heterocycles. The Balaban J connectivity index is 1.59. The van der Waals surface area contributed by atoms with E-state index < -0.39 is 11.9 Å². The van der Waals surface area contributed by atoms with Crippen molar-refractivity contribution >= 4 is 16.7 Å². The van der Waals surface area contributed by atoms with Crippen molar-refractivity contribution < 1.29 is 22.7 Å². The molecule has 0 radical (unpaired) electrons. The van der Waals surface area contributed by atoms with Crippen LogP contribution in [-0.4, -0.2) is 60.5 Å². The van der Waals surface area contributed by atoms with Crippen LogP contribution in [-0.2, 0) is 11.0 Å². The molecule has 1 amide bonds. The Morgan fingerprint density at radius 3 is 2.48 bits per heavy atom. The SMILES string of the molecule is CN1CCN(C(=O)COc2cc(-c3ccc(C(F)(F)F)nc3)c3ccccc3c2)CC1. The van der Waals surface area contributed by atoms with Crippen LogP contribution in [0.25, 0.3) is 21.9 Å². The quantitative estimate of drug-likeness (QED) is 0.627. The van der Waals surface area contributed by atoms with Crippen molar-refractivity contribution in [2.24, 2.45) is 0 Å². The number of hydrogen-bond acceptors (Lipinski definition) is 4. The molecule has 0 spiro atoms. The van der Waals surface area contributed by atoms with Crippen molar-refractivity contribution in [2.75, 3.05) is 39.8 Å². The average molecular weight is 429 g/mol. The lowest BCUT2D eigenvalue weighted by Gasteiger charge is -2.32. The second-order valence-corrected chi connectivity index (χ2v) is 7.59. The van der Waals surface area contributed by atoms with Gasteiger partial charge in [0.15, 0.2) is 6.61 Å². The van der Waals surface area contributed by atoms with Gasteiger partial charge in [-0.3, -0.25) is 9.78 Å². The van der Waals surface area contributed by atoms with Gasteiger partial charge in [-0.15, -0.1) is 0 Å². The second-order valence-electron chi connectivity index (χ2n) is 7.59. The van der Waals surface area contributed by atoms with Crippen LogP contribution in [0, 0.1) is 0 Å². The van der Waals surface area contributed by atoms with Gasteiger partial charge in [0.05, 0.1) is 0 Å². The van der Waals surface area contributed by atoms with E-state index in [1.54, 1.807) is 11.0 Å². The number of carbonyl (C=O) groups excluding carboxylic acids is 1. The number of amides is 1. The maximum absolute atomic E-state index is 12.9. The van der Waals surface area contributed by atoms with Crippen molar-refractivity contribution in [2.45, 2.75) is 6.18 Å². The van der Waals surface area contributed by atoms with Crippen LogP contribution in [0.15, 0.2) is 54.7 Å². The van der Waals surface area contributed by atoms with Crippen LogP contribution >= 0.6 is 0 Å². The minimum Gasteiger partial charge on any atom is -0.484 e. The van der Waals surface area contributed by atoms with E-state index in [1.807, 2.05) is 37.4 Å². The minimum atomic E-state index is -4.49. The van der Waals surface area contributed by atoms with Crippen LogP contribution in [0.4, 0.5) is 13.2 Å². The van der Waals surface area contributed by atoms with Crippen molar-refractivity contribution in [3.63, 3.8) is 0 Å². The number of likely N-dealkylation sites (N-methyl/N-ethyl adjacent to an activating group) is 1. The highest BCUT2D eigenvalue weighted by atomic mass is 19.4. The molecule has 0 atom stereocenters. The number of rotatable bonds is 4. The van der Waals surface area contributed by atoms with Crippen molar-refractivity contribution in [3.8, 4) is 16.9 Å². The third-order valence-corrected chi connectivity index (χ3v) is 5.42. The van der Waals surface area contributed by atoms with E-state index in [0.29, 0.717) is 30.0 Å². The Labute approximate surface area is 178 Å². The summed E-state index contributed by atoms with van der Waals surface area (Å²) >= 11 is 0. The Morgan fingerprint density at radius 2 is 1.81 bits per heavy atom. The first-order valence-electron chi connectivity index (χ1n) is 9.97. The highest BCUT2D eigenvalue weighted by Crippen LogP contribution is 2.34. The first kappa shape index (κ1) is 21.1. The van der Waals surface area contributed by atoms with Gasteiger partial charge < -0.3 is 14.5 Å². The van der Waals surface area contributed by atoms with E-state index in [9.17, 15) is 18.0 Å². The van der Waals surface area contributed by atoms with Crippen molar-refractivity contribution in [1.29, 1.82) is 0 Å². The number of ether oxygens (including phenoxy) is 1. The van der Waals surface area contributed by atoms with E-state index in [0.717, 1.165) is 29.9 Å². The van der Waals surface area contributed by atoms with Crippen LogP contribution < -0.4 is 4.74 Å². The average Bonchev–Trinajstić information content (AvgIpc) is 2.77. The molecule has 3 aromatic rings. The minimum absolute atomic E-state index is 0.0843. The summed E-state index contributed by atoms with van der Waals surface area (Å²) in [4.78, 5) is 20.0. The van der Waals surface area contributed by atoms with Crippen LogP contribution in [0.2, 0.25) is 0 Å². The number of piperazine rings is 1. The fourth-order valence-corrected chi connectivity index (χ4v) is 3.62. The molecule has 162 valence electrons. The molecule has 1 aliphatic rings. The number of halogens is 3. The fourth-order valence-electron chi connectivity index (χ4n) is 3.62. The Bertz CT molecular complexity index is 1080. The van der Waals surface area contributed by atoms with Gasteiger partial charge in [-0.25, -0.2) is 0 Å². The lowest BCUT2D eigenvalue weighted by atomic mass is 9.99. The topological polar surface area (TPSA) is 45.7 Å². The number of aromatic nitrogens is 1. The Kier molecular flexibility index (Phi) is 5.82. The zero-order valence-electron chi connectivity index (χ0n) is 17.0. The summed E-state index contributed by atoms with van der Waals surface area (Å²) in [6.07, 6.45) is -3.28. The normalized spacial score (nSPS) is 15.3. The van der Waals surface area contributed by atoms with Gasteiger partial charge in [-0.2, -0.15) is 13.2 Å². The molecule has 0 bridgehead atoms. The lowest BCUT2D eigenvalue weighted by molar-refractivity contribution is -0.141. The van der Waals surface area contributed by atoms with Crippen LogP contribution in [0.5, 0.6) is 5.75 Å². The van der Waals surface area contributed by atoms with E-state index in [-0.39, 0.29) is 12.5 Å². The molecular formula is C23H22F3N3O2. The summed E-state index contributed by atoms with van der Waals surface area (Å²) in [7, 11) is 2.02. The number of pyridine rings is 1. The van der Waals surface area contributed by atoms with Gasteiger partial charge in [0.1, 0.15) is 11.4 Å². The summed E-state index contributed by atoms with van der Waals surface area (Å²) in [6, 6.07) is 13.5. The molecule has 4 rings (SSSR count). The van der Waals surface area contributed by atoms with Gasteiger partial charge in [0.2, 0.25) is 0 Å². The molecule has 2 aromatic carbocycles. The molecule has 1 saturated heterocycles. The highest BCUT2D eigenvalue weighted by Gasteiger charge is 2.32. The summed E-state index contributed by atoms with van der Waals surface area (Å²) in [5.74, 6) is 0.398. The van der Waals surface area contributed by atoms with Crippen molar-refractivity contribution in [3.05, 3.63) is 60.4 Å². The van der Waals surface area contributed by atoms with Crippen molar-refractivity contribution in [1.82, 2.24) is 14.8 Å². The molecule has 0 saturated carbocycles. The van der Waals surface area contributed by atoms with Gasteiger partial charge in [0, 0.05) is 37.9 Å². The molecule has 1 aromatic heterocycles. The molecular weight excluding hydrogens is 407 g/mol. The monoisotopic (exact) mass is 429 g/mol. The number of fused-ring (bicyclic) bond motifs is 1. The maximum atomic E-state index is 12.9. The Hall–Kier alpha value is -3.13. The molecule has 0 unspecified atom stereocenters. The summed E-state index contributed by atoms with van der Waals surface area (Å²) in [6.45, 7) is 2.89. The largest absolute Gasteiger partial charge is 0.484 e. The molecule has 0 N–H and O–H groups in total. The molecule has 0 aliphatic carbocycles. The molecule has 2 heterocycles. The number of alkyl halides is 3. The fraction of sp³-hybridized carbons (Fsp3) is 0.304. The molecule has 31 heavy (non-hydrogen) atoms. The van der Waals surface area contributed by atoms with E-state index in [1.165, 1.54) is 12.3 Å². The highest BCUT2D eigenvalue weighted by molar-refractivity contribution is 5.97. The molecule has 5 nitrogen and oxygen atoms in total. The third-order valence-electron chi connectivity index (χ3n) is 5.42. The predicted octanol–water partition coefficient (Wildman–Crippen LogP) is 4.07. The first-order chi connectivity index (χ1) is 14.8. The molecule has 1 fully saturated rings. The zero-order valence-corrected chi connectivity index (χ0v) is 17.0. The summed E-state index contributed by atoms with van der Waals surface area (Å²) in [5, 5.41) is 1.73. The predicted molar refractivity (Wildman–Crippen MR) is 112 cm³/mol. The number of carbonyl (C=O) groups is 1. The van der Waals surface area contributed by atoms with Gasteiger partial charge in [-0.1, -0.05) is 30.3 Å². The standard InChI is InChI=1S/C23H22F3N3O2/c1-28-8-10-29(11-9-28)22(30)15-31-18-12-16-4-2-3-5-19(16)20(13-18)17-6-7-21(27-14-17)23(24,25)26/h2-7,12-14H,8-11,15H2,1H3. The summed E-state index contributed by atoms with van der Waals surface area (Å²) in [5.41, 5.74) is 0.298. The van der Waals surface area contributed by atoms with Gasteiger partial charge in [-0.05, 0) is 41.6 Å². The molecule has 8 heteroatoms. The second kappa shape index (κ2) is 8.55. The number of nitrogens with zero attached hydrogens (tertiary/aromatic N) is 3. The van der Waals surface area contributed by atoms with E-state index in [4.69, 9.17) is 4.74 Å².